The first-order chi connectivity index (χ1) is 8.40. The van der Waals surface area contributed by atoms with Crippen LogP contribution in [0.15, 0.2) is 0 Å². The summed E-state index contributed by atoms with van der Waals surface area (Å²) in [6.45, 7) is 7.55. The van der Waals surface area contributed by atoms with Gasteiger partial charge < -0.3 is 15.2 Å². The molecule has 0 radical (unpaired) electrons. The zero-order valence-electron chi connectivity index (χ0n) is 10.7. The fraction of sp³-hybridized carbons (Fsp3) is 1.00. The number of rotatable bonds is 6. The van der Waals surface area contributed by atoms with Crippen molar-refractivity contribution in [2.24, 2.45) is 11.8 Å². The Morgan fingerprint density at radius 1 is 1.18 bits per heavy atom. The van der Waals surface area contributed by atoms with Crippen molar-refractivity contribution >= 4 is 0 Å². The minimum atomic E-state index is 0.371. The van der Waals surface area contributed by atoms with Gasteiger partial charge in [0.05, 0.1) is 13.2 Å². The molecule has 1 aliphatic carbocycles. The van der Waals surface area contributed by atoms with Crippen molar-refractivity contribution < 1.29 is 9.84 Å². The first kappa shape index (κ1) is 13.3. The highest BCUT2D eigenvalue weighted by molar-refractivity contribution is 4.78. The molecule has 1 saturated heterocycles. The van der Waals surface area contributed by atoms with Crippen LogP contribution in [0.5, 0.6) is 0 Å². The van der Waals surface area contributed by atoms with Crippen molar-refractivity contribution in [3.8, 4) is 0 Å². The molecule has 4 nitrogen and oxygen atoms in total. The number of ether oxygens (including phenoxy) is 1. The molecule has 0 amide bonds. The van der Waals surface area contributed by atoms with Crippen molar-refractivity contribution in [2.45, 2.75) is 19.3 Å². The third-order valence-electron chi connectivity index (χ3n) is 4.17. The summed E-state index contributed by atoms with van der Waals surface area (Å²) < 4.78 is 5.33. The molecule has 2 N–H and O–H groups in total. The molecule has 0 spiro atoms. The number of hydrogen-bond donors (Lipinski definition) is 2. The molecule has 100 valence electrons. The quantitative estimate of drug-likeness (QED) is 0.658. The number of hydrogen-bond acceptors (Lipinski definition) is 4. The van der Waals surface area contributed by atoms with E-state index in [0.29, 0.717) is 18.4 Å². The van der Waals surface area contributed by atoms with Crippen molar-refractivity contribution in [3.05, 3.63) is 0 Å². The first-order valence-electron chi connectivity index (χ1n) is 7.02. The maximum absolute atomic E-state index is 9.25. The Morgan fingerprint density at radius 3 is 2.71 bits per heavy atom. The van der Waals surface area contributed by atoms with Crippen LogP contribution in [0, 0.1) is 11.8 Å². The van der Waals surface area contributed by atoms with Gasteiger partial charge in [0.15, 0.2) is 0 Å². The molecule has 2 atom stereocenters. The van der Waals surface area contributed by atoms with Gasteiger partial charge in [0.1, 0.15) is 0 Å². The van der Waals surface area contributed by atoms with Gasteiger partial charge in [-0.2, -0.15) is 0 Å². The summed E-state index contributed by atoms with van der Waals surface area (Å²) >= 11 is 0. The van der Waals surface area contributed by atoms with Crippen molar-refractivity contribution in [2.75, 3.05) is 52.5 Å². The second-order valence-corrected chi connectivity index (χ2v) is 5.29. The molecular formula is C13H26N2O2. The standard InChI is InChI=1S/C13H26N2O2/c16-11-13-3-1-2-12(13)10-14-4-5-15-6-8-17-9-7-15/h12-14,16H,1-11H2. The average Bonchev–Trinajstić information content (AvgIpc) is 2.83. The normalized spacial score (nSPS) is 30.9. The minimum absolute atomic E-state index is 0.371. The second kappa shape index (κ2) is 7.31. The topological polar surface area (TPSA) is 44.7 Å². The van der Waals surface area contributed by atoms with E-state index >= 15 is 0 Å². The molecule has 2 unspecified atom stereocenters. The van der Waals surface area contributed by atoms with Crippen molar-refractivity contribution in [1.82, 2.24) is 10.2 Å². The summed E-state index contributed by atoms with van der Waals surface area (Å²) in [4.78, 5) is 2.45. The van der Waals surface area contributed by atoms with Crippen LogP contribution in [0.1, 0.15) is 19.3 Å². The predicted molar refractivity (Wildman–Crippen MR) is 68.0 cm³/mol. The minimum Gasteiger partial charge on any atom is -0.396 e. The van der Waals surface area contributed by atoms with E-state index in [0.717, 1.165) is 45.9 Å². The SMILES string of the molecule is OCC1CCCC1CNCCN1CCOCC1. The lowest BCUT2D eigenvalue weighted by molar-refractivity contribution is 0.0382. The first-order valence-corrected chi connectivity index (χ1v) is 7.02. The van der Waals surface area contributed by atoms with Crippen LogP contribution < -0.4 is 5.32 Å². The maximum Gasteiger partial charge on any atom is 0.0594 e. The molecule has 1 heterocycles. The largest absolute Gasteiger partial charge is 0.396 e. The smallest absolute Gasteiger partial charge is 0.0594 e. The predicted octanol–water partition coefficient (Wildman–Crippen LogP) is 0.317. The van der Waals surface area contributed by atoms with Gasteiger partial charge in [0.25, 0.3) is 0 Å². The fourth-order valence-corrected chi connectivity index (χ4v) is 2.97. The molecule has 0 aromatic rings. The van der Waals surface area contributed by atoms with E-state index in [1.54, 1.807) is 0 Å². The van der Waals surface area contributed by atoms with Crippen LogP contribution in [0.25, 0.3) is 0 Å². The Labute approximate surface area is 104 Å². The van der Waals surface area contributed by atoms with Crippen LogP contribution in [-0.2, 0) is 4.74 Å². The van der Waals surface area contributed by atoms with E-state index in [-0.39, 0.29) is 0 Å². The van der Waals surface area contributed by atoms with Gasteiger partial charge in [-0.1, -0.05) is 6.42 Å². The lowest BCUT2D eigenvalue weighted by Crippen LogP contribution is -2.41. The molecule has 4 heteroatoms. The number of aliphatic hydroxyl groups is 1. The van der Waals surface area contributed by atoms with E-state index < -0.39 is 0 Å². The number of morpholine rings is 1. The second-order valence-electron chi connectivity index (χ2n) is 5.29. The fourth-order valence-electron chi connectivity index (χ4n) is 2.97. The Bertz CT molecular complexity index is 208. The molecule has 1 saturated carbocycles. The Morgan fingerprint density at radius 2 is 1.94 bits per heavy atom. The maximum atomic E-state index is 9.25. The van der Waals surface area contributed by atoms with Gasteiger partial charge in [-0.05, 0) is 31.2 Å². The lowest BCUT2D eigenvalue weighted by Gasteiger charge is -2.27. The summed E-state index contributed by atoms with van der Waals surface area (Å²) in [5.74, 6) is 1.25. The summed E-state index contributed by atoms with van der Waals surface area (Å²) in [5, 5.41) is 12.8. The third-order valence-corrected chi connectivity index (χ3v) is 4.17. The van der Waals surface area contributed by atoms with E-state index in [1.165, 1.54) is 19.3 Å². The van der Waals surface area contributed by atoms with Gasteiger partial charge in [0.2, 0.25) is 0 Å². The van der Waals surface area contributed by atoms with Crippen LogP contribution in [0.4, 0.5) is 0 Å². The zero-order chi connectivity index (χ0) is 11.9. The molecule has 2 fully saturated rings. The number of aliphatic hydroxyl groups excluding tert-OH is 1. The third kappa shape index (κ3) is 4.21. The van der Waals surface area contributed by atoms with Crippen molar-refractivity contribution in [1.29, 1.82) is 0 Å². The highest BCUT2D eigenvalue weighted by Gasteiger charge is 2.25. The van der Waals surface area contributed by atoms with Gasteiger partial charge in [-0.15, -0.1) is 0 Å². The van der Waals surface area contributed by atoms with Gasteiger partial charge in [-0.25, -0.2) is 0 Å². The Balaban J connectivity index is 1.53. The molecule has 1 aliphatic heterocycles. The Hall–Kier alpha value is -0.160. The summed E-state index contributed by atoms with van der Waals surface area (Å²) in [6.07, 6.45) is 3.79. The molecule has 2 aliphatic rings. The monoisotopic (exact) mass is 242 g/mol. The molecular weight excluding hydrogens is 216 g/mol. The van der Waals surface area contributed by atoms with Gasteiger partial charge in [0, 0.05) is 32.8 Å². The highest BCUT2D eigenvalue weighted by atomic mass is 16.5. The van der Waals surface area contributed by atoms with E-state index in [9.17, 15) is 5.11 Å². The Kier molecular flexibility index (Phi) is 5.71. The van der Waals surface area contributed by atoms with E-state index in [2.05, 4.69) is 10.2 Å². The van der Waals surface area contributed by atoms with Gasteiger partial charge >= 0.3 is 0 Å². The summed E-state index contributed by atoms with van der Waals surface area (Å²) in [6, 6.07) is 0. The molecule has 17 heavy (non-hydrogen) atoms. The summed E-state index contributed by atoms with van der Waals surface area (Å²) in [7, 11) is 0. The van der Waals surface area contributed by atoms with Crippen LogP contribution in [0.2, 0.25) is 0 Å². The van der Waals surface area contributed by atoms with E-state index in [1.807, 2.05) is 0 Å². The number of nitrogens with zero attached hydrogens (tertiary/aromatic N) is 1. The van der Waals surface area contributed by atoms with Gasteiger partial charge in [-0.3, -0.25) is 4.90 Å². The van der Waals surface area contributed by atoms with Crippen molar-refractivity contribution in [3.63, 3.8) is 0 Å². The average molecular weight is 242 g/mol. The van der Waals surface area contributed by atoms with Crippen LogP contribution in [0.3, 0.4) is 0 Å². The molecule has 0 aromatic carbocycles. The molecule has 0 bridgehead atoms. The van der Waals surface area contributed by atoms with Crippen LogP contribution in [-0.4, -0.2) is 62.6 Å². The van der Waals surface area contributed by atoms with Crippen LogP contribution >= 0.6 is 0 Å². The van der Waals surface area contributed by atoms with E-state index in [4.69, 9.17) is 4.74 Å². The summed E-state index contributed by atoms with van der Waals surface area (Å²) in [5.41, 5.74) is 0. The molecule has 0 aromatic heterocycles. The zero-order valence-corrected chi connectivity index (χ0v) is 10.7. The highest BCUT2D eigenvalue weighted by Crippen LogP contribution is 2.30. The lowest BCUT2D eigenvalue weighted by atomic mass is 9.97. The number of nitrogens with one attached hydrogen (secondary N) is 1. The molecule has 2 rings (SSSR count).